The van der Waals surface area contributed by atoms with E-state index in [0.29, 0.717) is 5.92 Å². The summed E-state index contributed by atoms with van der Waals surface area (Å²) in [5.74, 6) is 0.412. The summed E-state index contributed by atoms with van der Waals surface area (Å²) in [5, 5.41) is 25.8. The molecule has 0 spiro atoms. The molecule has 0 radical (unpaired) electrons. The predicted octanol–water partition coefficient (Wildman–Crippen LogP) is 3.48. The number of anilines is 1. The Labute approximate surface area is 121 Å². The van der Waals surface area contributed by atoms with Crippen LogP contribution in [-0.2, 0) is 0 Å². The van der Waals surface area contributed by atoms with Gasteiger partial charge < -0.3 is 0 Å². The van der Waals surface area contributed by atoms with Crippen LogP contribution in [0.3, 0.4) is 0 Å². The number of hydrogen-bond acceptors (Lipinski definition) is 6. The number of benzene rings is 1. The second-order valence-electron chi connectivity index (χ2n) is 5.06. The molecule has 0 unspecified atom stereocenters. The molecule has 21 heavy (non-hydrogen) atoms. The summed E-state index contributed by atoms with van der Waals surface area (Å²) in [6, 6.07) is 3.46. The molecule has 0 saturated heterocycles. The normalized spacial score (nSPS) is 16.0. The lowest BCUT2D eigenvalue weighted by atomic mass is 10.0. The average Bonchev–Trinajstić information content (AvgIpc) is 2.98. The van der Waals surface area contributed by atoms with Gasteiger partial charge in [-0.2, -0.15) is 5.10 Å². The van der Waals surface area contributed by atoms with Crippen molar-refractivity contribution < 1.29 is 9.85 Å². The van der Waals surface area contributed by atoms with E-state index < -0.39 is 9.85 Å². The van der Waals surface area contributed by atoms with Gasteiger partial charge in [-0.1, -0.05) is 12.8 Å². The van der Waals surface area contributed by atoms with Crippen molar-refractivity contribution in [2.45, 2.75) is 32.6 Å². The molecular formula is C13H16N4O4. The number of nitrogens with one attached hydrogen (secondary N) is 1. The van der Waals surface area contributed by atoms with Gasteiger partial charge in [0.1, 0.15) is 5.69 Å². The highest BCUT2D eigenvalue weighted by atomic mass is 16.6. The molecule has 0 heterocycles. The lowest BCUT2D eigenvalue weighted by Gasteiger charge is -2.09. The molecule has 0 atom stereocenters. The Kier molecular flexibility index (Phi) is 4.46. The van der Waals surface area contributed by atoms with E-state index in [-0.39, 0.29) is 17.1 Å². The van der Waals surface area contributed by atoms with E-state index in [2.05, 4.69) is 10.5 Å². The summed E-state index contributed by atoms with van der Waals surface area (Å²) in [6.07, 6.45) is 4.52. The maximum atomic E-state index is 11.0. The van der Waals surface area contributed by atoms with Crippen molar-refractivity contribution in [2.75, 3.05) is 5.43 Å². The third-order valence-electron chi connectivity index (χ3n) is 3.69. The van der Waals surface area contributed by atoms with Gasteiger partial charge in [0.15, 0.2) is 0 Å². The van der Waals surface area contributed by atoms with E-state index >= 15 is 0 Å². The number of nitrogens with zero attached hydrogens (tertiary/aromatic N) is 3. The quantitative estimate of drug-likeness (QED) is 0.507. The first-order chi connectivity index (χ1) is 9.99. The molecule has 1 aromatic carbocycles. The van der Waals surface area contributed by atoms with Gasteiger partial charge in [-0.3, -0.25) is 25.7 Å². The molecule has 112 valence electrons. The second-order valence-corrected chi connectivity index (χ2v) is 5.06. The Bertz CT molecular complexity index is 594. The predicted molar refractivity (Wildman–Crippen MR) is 78.4 cm³/mol. The van der Waals surface area contributed by atoms with Crippen LogP contribution in [0.15, 0.2) is 23.3 Å². The van der Waals surface area contributed by atoms with Crippen molar-refractivity contribution >= 4 is 22.8 Å². The second kappa shape index (κ2) is 6.29. The van der Waals surface area contributed by atoms with Crippen LogP contribution in [0.5, 0.6) is 0 Å². The number of nitro benzene ring substituents is 2. The van der Waals surface area contributed by atoms with E-state index in [4.69, 9.17) is 0 Å². The van der Waals surface area contributed by atoms with Crippen molar-refractivity contribution in [3.05, 3.63) is 38.4 Å². The zero-order chi connectivity index (χ0) is 15.4. The van der Waals surface area contributed by atoms with Crippen LogP contribution in [0.2, 0.25) is 0 Å². The summed E-state index contributed by atoms with van der Waals surface area (Å²) >= 11 is 0. The SMILES string of the molecule is CC(=NNc1ccc([N+](=O)[O-])cc1[N+](=O)[O-])C1CCCC1. The van der Waals surface area contributed by atoms with Crippen molar-refractivity contribution in [1.82, 2.24) is 0 Å². The first kappa shape index (κ1) is 14.9. The topological polar surface area (TPSA) is 111 Å². The van der Waals surface area contributed by atoms with Gasteiger partial charge in [0.2, 0.25) is 0 Å². The van der Waals surface area contributed by atoms with E-state index in [1.54, 1.807) is 0 Å². The van der Waals surface area contributed by atoms with Crippen LogP contribution < -0.4 is 5.43 Å². The Morgan fingerprint density at radius 3 is 2.48 bits per heavy atom. The van der Waals surface area contributed by atoms with E-state index in [1.165, 1.54) is 25.0 Å². The molecule has 1 saturated carbocycles. The van der Waals surface area contributed by atoms with Gasteiger partial charge in [0.05, 0.1) is 15.9 Å². The van der Waals surface area contributed by atoms with Crippen molar-refractivity contribution in [3.8, 4) is 0 Å². The highest BCUT2D eigenvalue weighted by molar-refractivity contribution is 5.85. The van der Waals surface area contributed by atoms with Gasteiger partial charge in [0, 0.05) is 11.8 Å². The van der Waals surface area contributed by atoms with Gasteiger partial charge >= 0.3 is 5.69 Å². The van der Waals surface area contributed by atoms with Crippen molar-refractivity contribution in [2.24, 2.45) is 11.0 Å². The Hall–Kier alpha value is -2.51. The smallest absolute Gasteiger partial charge is 0.272 e. The average molecular weight is 292 g/mol. The van der Waals surface area contributed by atoms with Gasteiger partial charge in [-0.05, 0) is 31.7 Å². The third kappa shape index (κ3) is 3.53. The monoisotopic (exact) mass is 292 g/mol. The van der Waals surface area contributed by atoms with Crippen LogP contribution in [0.25, 0.3) is 0 Å². The maximum absolute atomic E-state index is 11.0. The van der Waals surface area contributed by atoms with Crippen LogP contribution in [0.4, 0.5) is 17.1 Å². The van der Waals surface area contributed by atoms with E-state index in [9.17, 15) is 20.2 Å². The van der Waals surface area contributed by atoms with Gasteiger partial charge in [0.25, 0.3) is 5.69 Å². The first-order valence-corrected chi connectivity index (χ1v) is 6.72. The number of non-ortho nitro benzene ring substituents is 1. The zero-order valence-corrected chi connectivity index (χ0v) is 11.6. The Morgan fingerprint density at radius 1 is 1.24 bits per heavy atom. The molecule has 1 fully saturated rings. The van der Waals surface area contributed by atoms with E-state index in [1.807, 2.05) is 6.92 Å². The van der Waals surface area contributed by atoms with Gasteiger partial charge in [-0.25, -0.2) is 0 Å². The minimum absolute atomic E-state index is 0.156. The standard InChI is InChI=1S/C13H16N4O4/c1-9(10-4-2-3-5-10)14-15-12-7-6-11(16(18)19)8-13(12)17(20)21/h6-8,10,15H,2-5H2,1H3. The fourth-order valence-electron chi connectivity index (χ4n) is 2.46. The van der Waals surface area contributed by atoms with Crippen LogP contribution in [0.1, 0.15) is 32.6 Å². The molecule has 2 rings (SSSR count). The minimum Gasteiger partial charge on any atom is -0.272 e. The fraction of sp³-hybridized carbons (Fsp3) is 0.462. The van der Waals surface area contributed by atoms with Crippen molar-refractivity contribution in [1.29, 1.82) is 0 Å². The first-order valence-electron chi connectivity index (χ1n) is 6.72. The maximum Gasteiger partial charge on any atom is 0.301 e. The number of rotatable bonds is 5. The zero-order valence-electron chi connectivity index (χ0n) is 11.6. The van der Waals surface area contributed by atoms with E-state index in [0.717, 1.165) is 24.6 Å². The van der Waals surface area contributed by atoms with Crippen LogP contribution >= 0.6 is 0 Å². The molecule has 0 aromatic heterocycles. The molecule has 1 N–H and O–H groups in total. The molecule has 8 heteroatoms. The number of nitro groups is 2. The number of hydrazone groups is 1. The summed E-state index contributed by atoms with van der Waals surface area (Å²) in [5.41, 5.74) is 3.05. The number of hydrogen-bond donors (Lipinski definition) is 1. The molecule has 8 nitrogen and oxygen atoms in total. The molecule has 1 aliphatic carbocycles. The lowest BCUT2D eigenvalue weighted by Crippen LogP contribution is -2.09. The summed E-state index contributed by atoms with van der Waals surface area (Å²) < 4.78 is 0. The summed E-state index contributed by atoms with van der Waals surface area (Å²) in [7, 11) is 0. The molecule has 1 aromatic rings. The largest absolute Gasteiger partial charge is 0.301 e. The fourth-order valence-corrected chi connectivity index (χ4v) is 2.46. The minimum atomic E-state index is -0.663. The highest BCUT2D eigenvalue weighted by Gasteiger charge is 2.20. The molecule has 0 aliphatic heterocycles. The lowest BCUT2D eigenvalue weighted by molar-refractivity contribution is -0.393. The molecule has 1 aliphatic rings. The van der Waals surface area contributed by atoms with Crippen molar-refractivity contribution in [3.63, 3.8) is 0 Å². The summed E-state index contributed by atoms with van der Waals surface area (Å²) in [6.45, 7) is 1.89. The molecule has 0 amide bonds. The summed E-state index contributed by atoms with van der Waals surface area (Å²) in [4.78, 5) is 20.3. The third-order valence-corrected chi connectivity index (χ3v) is 3.69. The van der Waals surface area contributed by atoms with Crippen LogP contribution in [-0.4, -0.2) is 15.6 Å². The Balaban J connectivity index is 2.20. The Morgan fingerprint density at radius 2 is 1.90 bits per heavy atom. The van der Waals surface area contributed by atoms with Gasteiger partial charge in [-0.15, -0.1) is 0 Å². The molecule has 0 bridgehead atoms. The van der Waals surface area contributed by atoms with Crippen LogP contribution in [0, 0.1) is 26.1 Å². The molecular weight excluding hydrogens is 276 g/mol. The highest BCUT2D eigenvalue weighted by Crippen LogP contribution is 2.30.